The summed E-state index contributed by atoms with van der Waals surface area (Å²) in [5.41, 5.74) is 2.66. The molecule has 1 fully saturated rings. The minimum Gasteiger partial charge on any atom is -0.299 e. The first-order chi connectivity index (χ1) is 6.74. The van der Waals surface area contributed by atoms with E-state index in [2.05, 4.69) is 31.2 Å². The largest absolute Gasteiger partial charge is 0.299 e. The molecular formula is C12H14OS. The van der Waals surface area contributed by atoms with E-state index < -0.39 is 0 Å². The average Bonchev–Trinajstić information content (AvgIpc) is 2.51. The molecule has 14 heavy (non-hydrogen) atoms. The van der Waals surface area contributed by atoms with Gasteiger partial charge in [0.15, 0.2) is 0 Å². The van der Waals surface area contributed by atoms with Crippen LogP contribution in [0.3, 0.4) is 0 Å². The normalized spacial score (nSPS) is 21.5. The smallest absolute Gasteiger partial charge is 0.143 e. The second-order valence-electron chi connectivity index (χ2n) is 3.87. The maximum Gasteiger partial charge on any atom is 0.143 e. The molecule has 0 bridgehead atoms. The van der Waals surface area contributed by atoms with Crippen molar-refractivity contribution in [2.45, 2.75) is 25.0 Å². The summed E-state index contributed by atoms with van der Waals surface area (Å²) in [4.78, 5) is 11.1. The van der Waals surface area contributed by atoms with Gasteiger partial charge in [-0.3, -0.25) is 4.79 Å². The summed E-state index contributed by atoms with van der Waals surface area (Å²) in [5, 5.41) is 0.518. The van der Waals surface area contributed by atoms with Gasteiger partial charge in [-0.1, -0.05) is 29.8 Å². The first-order valence-electron chi connectivity index (χ1n) is 4.93. The molecule has 2 heteroatoms. The van der Waals surface area contributed by atoms with E-state index in [1.807, 2.05) is 0 Å². The molecule has 2 rings (SSSR count). The topological polar surface area (TPSA) is 17.1 Å². The van der Waals surface area contributed by atoms with Gasteiger partial charge in [-0.2, -0.15) is 0 Å². The highest BCUT2D eigenvalue weighted by Crippen LogP contribution is 2.26. The van der Waals surface area contributed by atoms with E-state index in [0.717, 1.165) is 18.6 Å². The van der Waals surface area contributed by atoms with Crippen molar-refractivity contribution in [3.63, 3.8) is 0 Å². The fourth-order valence-electron chi connectivity index (χ4n) is 1.82. The lowest BCUT2D eigenvalue weighted by molar-refractivity contribution is -0.116. The van der Waals surface area contributed by atoms with Crippen LogP contribution in [0.1, 0.15) is 17.5 Å². The summed E-state index contributed by atoms with van der Waals surface area (Å²) >= 11 is 1.80. The number of benzene rings is 1. The lowest BCUT2D eigenvalue weighted by Gasteiger charge is -2.07. The van der Waals surface area contributed by atoms with Gasteiger partial charge in [0, 0.05) is 11.7 Å². The highest BCUT2D eigenvalue weighted by molar-refractivity contribution is 8.01. The summed E-state index contributed by atoms with van der Waals surface area (Å²) in [6.07, 6.45) is 1.80. The molecule has 1 aliphatic heterocycles. The van der Waals surface area contributed by atoms with Gasteiger partial charge < -0.3 is 0 Å². The molecule has 0 saturated carbocycles. The van der Waals surface area contributed by atoms with Crippen molar-refractivity contribution in [2.24, 2.45) is 0 Å². The van der Waals surface area contributed by atoms with Crippen molar-refractivity contribution in [1.29, 1.82) is 0 Å². The number of rotatable bonds is 2. The van der Waals surface area contributed by atoms with E-state index in [0.29, 0.717) is 11.0 Å². The Kier molecular flexibility index (Phi) is 2.92. The Morgan fingerprint density at radius 3 is 3.00 bits per heavy atom. The van der Waals surface area contributed by atoms with Crippen LogP contribution in [0.4, 0.5) is 0 Å². The summed E-state index contributed by atoms with van der Waals surface area (Å²) in [5.74, 6) is 1.13. The zero-order chi connectivity index (χ0) is 9.97. The predicted molar refractivity (Wildman–Crippen MR) is 60.8 cm³/mol. The Hall–Kier alpha value is -0.760. The van der Waals surface area contributed by atoms with E-state index in [9.17, 15) is 4.79 Å². The van der Waals surface area contributed by atoms with Crippen LogP contribution in [0.25, 0.3) is 0 Å². The number of aryl methyl sites for hydroxylation is 1. The highest BCUT2D eigenvalue weighted by Gasteiger charge is 2.22. The monoisotopic (exact) mass is 206 g/mol. The van der Waals surface area contributed by atoms with Gasteiger partial charge >= 0.3 is 0 Å². The minimum absolute atomic E-state index is 0.410. The molecular weight excluding hydrogens is 192 g/mol. The number of ketones is 1. The molecule has 1 atom stereocenters. The molecule has 0 amide bonds. The van der Waals surface area contributed by atoms with Crippen molar-refractivity contribution >= 4 is 17.5 Å². The van der Waals surface area contributed by atoms with Crippen LogP contribution in [0, 0.1) is 6.92 Å². The van der Waals surface area contributed by atoms with Gasteiger partial charge in [0.1, 0.15) is 5.78 Å². The van der Waals surface area contributed by atoms with E-state index in [4.69, 9.17) is 0 Å². The SMILES string of the molecule is Cc1cccc(CC2CC(=O)CS2)c1. The average molecular weight is 206 g/mol. The van der Waals surface area contributed by atoms with Crippen LogP contribution < -0.4 is 0 Å². The number of Topliss-reactive ketones (excluding diaryl/α,β-unsaturated/α-hetero) is 1. The van der Waals surface area contributed by atoms with Gasteiger partial charge in [-0.25, -0.2) is 0 Å². The van der Waals surface area contributed by atoms with Crippen LogP contribution in [-0.4, -0.2) is 16.8 Å². The standard InChI is InChI=1S/C12H14OS/c1-9-3-2-4-10(5-9)6-12-7-11(13)8-14-12/h2-5,12H,6-8H2,1H3. The molecule has 0 radical (unpaired) electrons. The second kappa shape index (κ2) is 4.18. The molecule has 0 N–H and O–H groups in total. The fourth-order valence-corrected chi connectivity index (χ4v) is 2.97. The maximum atomic E-state index is 11.1. The third-order valence-electron chi connectivity index (χ3n) is 2.48. The maximum absolute atomic E-state index is 11.1. The Morgan fingerprint density at radius 1 is 1.50 bits per heavy atom. The summed E-state index contributed by atoms with van der Waals surface area (Å²) in [6, 6.07) is 8.56. The Bertz CT molecular complexity index is 346. The molecule has 0 aliphatic carbocycles. The highest BCUT2D eigenvalue weighted by atomic mass is 32.2. The van der Waals surface area contributed by atoms with Crippen LogP contribution in [-0.2, 0) is 11.2 Å². The number of hydrogen-bond donors (Lipinski definition) is 0. The van der Waals surface area contributed by atoms with Crippen LogP contribution >= 0.6 is 11.8 Å². The Labute approximate surface area is 88.9 Å². The van der Waals surface area contributed by atoms with E-state index in [1.165, 1.54) is 11.1 Å². The first-order valence-corrected chi connectivity index (χ1v) is 5.98. The molecule has 1 saturated heterocycles. The van der Waals surface area contributed by atoms with Crippen molar-refractivity contribution < 1.29 is 4.79 Å². The van der Waals surface area contributed by atoms with Crippen molar-refractivity contribution in [1.82, 2.24) is 0 Å². The van der Waals surface area contributed by atoms with E-state index in [-0.39, 0.29) is 0 Å². The molecule has 0 spiro atoms. The van der Waals surface area contributed by atoms with Crippen LogP contribution in [0.2, 0.25) is 0 Å². The van der Waals surface area contributed by atoms with Gasteiger partial charge in [-0.15, -0.1) is 11.8 Å². The third-order valence-corrected chi connectivity index (χ3v) is 3.77. The second-order valence-corrected chi connectivity index (χ2v) is 5.16. The molecule has 1 nitrogen and oxygen atoms in total. The summed E-state index contributed by atoms with van der Waals surface area (Å²) < 4.78 is 0. The predicted octanol–water partition coefficient (Wildman–Crippen LogP) is 2.61. The van der Waals surface area contributed by atoms with Gasteiger partial charge in [0.05, 0.1) is 5.75 Å². The summed E-state index contributed by atoms with van der Waals surface area (Å²) in [6.45, 7) is 2.11. The molecule has 1 aromatic carbocycles. The van der Waals surface area contributed by atoms with Crippen LogP contribution in [0.5, 0.6) is 0 Å². The number of hydrogen-bond acceptors (Lipinski definition) is 2. The number of thioether (sulfide) groups is 1. The molecule has 1 unspecified atom stereocenters. The Balaban J connectivity index is 2.00. The molecule has 0 aromatic heterocycles. The van der Waals surface area contributed by atoms with Gasteiger partial charge in [0.25, 0.3) is 0 Å². The molecule has 1 aliphatic rings. The van der Waals surface area contributed by atoms with Gasteiger partial charge in [0.2, 0.25) is 0 Å². The number of carbonyl (C=O) groups excluding carboxylic acids is 1. The van der Waals surface area contributed by atoms with E-state index >= 15 is 0 Å². The van der Waals surface area contributed by atoms with Crippen molar-refractivity contribution in [2.75, 3.05) is 5.75 Å². The van der Waals surface area contributed by atoms with Crippen molar-refractivity contribution in [3.8, 4) is 0 Å². The molecule has 1 aromatic rings. The molecule has 1 heterocycles. The minimum atomic E-state index is 0.410. The van der Waals surface area contributed by atoms with Crippen LogP contribution in [0.15, 0.2) is 24.3 Å². The van der Waals surface area contributed by atoms with Crippen molar-refractivity contribution in [3.05, 3.63) is 35.4 Å². The lowest BCUT2D eigenvalue weighted by atomic mass is 10.0. The fraction of sp³-hybridized carbons (Fsp3) is 0.417. The first kappa shape index (κ1) is 9.78. The quantitative estimate of drug-likeness (QED) is 0.740. The third kappa shape index (κ3) is 2.38. The lowest BCUT2D eigenvalue weighted by Crippen LogP contribution is -2.04. The zero-order valence-corrected chi connectivity index (χ0v) is 9.14. The van der Waals surface area contributed by atoms with E-state index in [1.54, 1.807) is 11.8 Å². The summed E-state index contributed by atoms with van der Waals surface area (Å²) in [7, 11) is 0. The van der Waals surface area contributed by atoms with Gasteiger partial charge in [-0.05, 0) is 18.9 Å². The zero-order valence-electron chi connectivity index (χ0n) is 8.32. The number of carbonyl (C=O) groups is 1. The Morgan fingerprint density at radius 2 is 2.36 bits per heavy atom. The molecule has 74 valence electrons.